The summed E-state index contributed by atoms with van der Waals surface area (Å²) in [4.78, 5) is 21.2. The lowest BCUT2D eigenvalue weighted by Gasteiger charge is -2.21. The van der Waals surface area contributed by atoms with Crippen LogP contribution >= 0.6 is 22.7 Å². The van der Waals surface area contributed by atoms with Gasteiger partial charge in [-0.3, -0.25) is 4.79 Å². The normalized spacial score (nSPS) is 10.8. The largest absolute Gasteiger partial charge is 0.375 e. The molecule has 0 bridgehead atoms. The van der Waals surface area contributed by atoms with Crippen LogP contribution in [0.1, 0.15) is 23.8 Å². The molecular weight excluding hydrogens is 350 g/mol. The molecule has 2 heterocycles. The van der Waals surface area contributed by atoms with E-state index >= 15 is 0 Å². The first-order valence-corrected chi connectivity index (χ1v) is 9.97. The van der Waals surface area contributed by atoms with Crippen molar-refractivity contribution in [2.24, 2.45) is 0 Å². The molecule has 130 valence electrons. The lowest BCUT2D eigenvalue weighted by molar-refractivity contribution is -0.131. The molecule has 0 aliphatic heterocycles. The highest BCUT2D eigenvalue weighted by atomic mass is 32.1. The maximum absolute atomic E-state index is 12.6. The van der Waals surface area contributed by atoms with Gasteiger partial charge in [0.15, 0.2) is 5.13 Å². The summed E-state index contributed by atoms with van der Waals surface area (Å²) in [7, 11) is 0. The van der Waals surface area contributed by atoms with E-state index in [9.17, 15) is 4.79 Å². The first kappa shape index (κ1) is 17.6. The molecule has 25 heavy (non-hydrogen) atoms. The number of amides is 1. The van der Waals surface area contributed by atoms with Gasteiger partial charge in [0.2, 0.25) is 5.91 Å². The number of nitrogens with two attached hydrogens (primary N) is 1. The summed E-state index contributed by atoms with van der Waals surface area (Å²) >= 11 is 3.12. The molecule has 1 amide bonds. The van der Waals surface area contributed by atoms with Gasteiger partial charge < -0.3 is 10.6 Å². The molecule has 0 fully saturated rings. The van der Waals surface area contributed by atoms with Crippen LogP contribution in [0.25, 0.3) is 10.6 Å². The molecule has 0 unspecified atom stereocenters. The zero-order valence-corrected chi connectivity index (χ0v) is 15.8. The minimum Gasteiger partial charge on any atom is -0.375 e. The van der Waals surface area contributed by atoms with Crippen molar-refractivity contribution in [3.8, 4) is 10.6 Å². The number of hydrogen-bond donors (Lipinski definition) is 1. The van der Waals surface area contributed by atoms with Crippen molar-refractivity contribution in [3.05, 3.63) is 58.3 Å². The van der Waals surface area contributed by atoms with Crippen molar-refractivity contribution in [1.29, 1.82) is 0 Å². The number of benzene rings is 1. The highest BCUT2D eigenvalue weighted by Crippen LogP contribution is 2.33. The van der Waals surface area contributed by atoms with Gasteiger partial charge in [-0.2, -0.15) is 0 Å². The van der Waals surface area contributed by atoms with Crippen LogP contribution in [0.5, 0.6) is 0 Å². The fourth-order valence-electron chi connectivity index (χ4n) is 2.70. The van der Waals surface area contributed by atoms with Gasteiger partial charge in [0.05, 0.1) is 10.6 Å². The standard InChI is InChI=1S/C19H21N3OS2/c1-2-22(13-14-7-4-3-5-8-14)17(23)11-10-16-18(21-19(20)25-16)15-9-6-12-24-15/h3-9,12H,2,10-11,13H2,1H3,(H2,20,21). The Morgan fingerprint density at radius 3 is 2.68 bits per heavy atom. The smallest absolute Gasteiger partial charge is 0.223 e. The Morgan fingerprint density at radius 1 is 1.20 bits per heavy atom. The molecule has 3 aromatic rings. The number of hydrogen-bond acceptors (Lipinski definition) is 5. The summed E-state index contributed by atoms with van der Waals surface area (Å²) in [6.07, 6.45) is 1.15. The van der Waals surface area contributed by atoms with Crippen molar-refractivity contribution in [2.75, 3.05) is 12.3 Å². The number of nitrogen functional groups attached to an aromatic ring is 1. The number of thiophene rings is 1. The van der Waals surface area contributed by atoms with E-state index in [2.05, 4.69) is 17.1 Å². The van der Waals surface area contributed by atoms with E-state index in [1.165, 1.54) is 11.3 Å². The SMILES string of the molecule is CCN(Cc1ccccc1)C(=O)CCc1sc(N)nc1-c1cccs1. The highest BCUT2D eigenvalue weighted by molar-refractivity contribution is 7.17. The summed E-state index contributed by atoms with van der Waals surface area (Å²) in [5.74, 6) is 0.162. The molecule has 6 heteroatoms. The van der Waals surface area contributed by atoms with Crippen LogP contribution < -0.4 is 5.73 Å². The molecular formula is C19H21N3OS2. The van der Waals surface area contributed by atoms with Crippen LogP contribution in [0.4, 0.5) is 5.13 Å². The second-order valence-corrected chi connectivity index (χ2v) is 7.76. The van der Waals surface area contributed by atoms with E-state index in [0.29, 0.717) is 31.1 Å². The van der Waals surface area contributed by atoms with Crippen molar-refractivity contribution in [2.45, 2.75) is 26.3 Å². The van der Waals surface area contributed by atoms with E-state index in [-0.39, 0.29) is 5.91 Å². The molecule has 0 spiro atoms. The highest BCUT2D eigenvalue weighted by Gasteiger charge is 2.17. The number of aryl methyl sites for hydroxylation is 1. The van der Waals surface area contributed by atoms with Gasteiger partial charge in [-0.05, 0) is 30.4 Å². The van der Waals surface area contributed by atoms with Crippen molar-refractivity contribution in [3.63, 3.8) is 0 Å². The maximum atomic E-state index is 12.6. The molecule has 0 atom stereocenters. The molecule has 2 aromatic heterocycles. The van der Waals surface area contributed by atoms with Crippen molar-refractivity contribution in [1.82, 2.24) is 9.88 Å². The van der Waals surface area contributed by atoms with Gasteiger partial charge >= 0.3 is 0 Å². The third-order valence-electron chi connectivity index (χ3n) is 3.99. The number of nitrogens with zero attached hydrogens (tertiary/aromatic N) is 2. The van der Waals surface area contributed by atoms with Crippen molar-refractivity contribution >= 4 is 33.7 Å². The summed E-state index contributed by atoms with van der Waals surface area (Å²) in [6.45, 7) is 3.37. The Labute approximate surface area is 155 Å². The fourth-order valence-corrected chi connectivity index (χ4v) is 4.36. The topological polar surface area (TPSA) is 59.2 Å². The van der Waals surface area contributed by atoms with Crippen LogP contribution in [0.15, 0.2) is 47.8 Å². The monoisotopic (exact) mass is 371 g/mol. The number of thiazole rings is 1. The van der Waals surface area contributed by atoms with Crippen LogP contribution in [-0.4, -0.2) is 22.3 Å². The third-order valence-corrected chi connectivity index (χ3v) is 5.81. The predicted octanol–water partition coefficient (Wildman–Crippen LogP) is 4.44. The van der Waals surface area contributed by atoms with Crippen molar-refractivity contribution < 1.29 is 4.79 Å². The summed E-state index contributed by atoms with van der Waals surface area (Å²) in [5.41, 5.74) is 7.98. The Bertz CT molecular complexity index is 813. The molecule has 0 saturated heterocycles. The second kappa shape index (κ2) is 8.27. The number of anilines is 1. The van der Waals surface area contributed by atoms with Crippen LogP contribution in [0.2, 0.25) is 0 Å². The molecule has 2 N–H and O–H groups in total. The van der Waals surface area contributed by atoms with E-state index in [1.54, 1.807) is 11.3 Å². The predicted molar refractivity (Wildman–Crippen MR) is 106 cm³/mol. The molecule has 0 radical (unpaired) electrons. The fraction of sp³-hybridized carbons (Fsp3) is 0.263. The first-order valence-electron chi connectivity index (χ1n) is 8.28. The molecule has 3 rings (SSSR count). The quantitative estimate of drug-likeness (QED) is 0.668. The van der Waals surface area contributed by atoms with E-state index in [4.69, 9.17) is 5.73 Å². The van der Waals surface area contributed by atoms with Crippen LogP contribution in [0.3, 0.4) is 0 Å². The van der Waals surface area contributed by atoms with Crippen LogP contribution in [-0.2, 0) is 17.8 Å². The molecule has 4 nitrogen and oxygen atoms in total. The van der Waals surface area contributed by atoms with Crippen LogP contribution in [0, 0.1) is 0 Å². The third kappa shape index (κ3) is 4.46. The average Bonchev–Trinajstić information content (AvgIpc) is 3.27. The second-order valence-electron chi connectivity index (χ2n) is 5.69. The Hall–Kier alpha value is -2.18. The lowest BCUT2D eigenvalue weighted by atomic mass is 10.1. The lowest BCUT2D eigenvalue weighted by Crippen LogP contribution is -2.30. The summed E-state index contributed by atoms with van der Waals surface area (Å²) in [5, 5.41) is 2.58. The van der Waals surface area contributed by atoms with Gasteiger partial charge in [-0.15, -0.1) is 22.7 Å². The maximum Gasteiger partial charge on any atom is 0.223 e. The van der Waals surface area contributed by atoms with E-state index < -0.39 is 0 Å². The van der Waals surface area contributed by atoms with Gasteiger partial charge in [0.25, 0.3) is 0 Å². The Morgan fingerprint density at radius 2 is 2.00 bits per heavy atom. The summed E-state index contributed by atoms with van der Waals surface area (Å²) in [6, 6.07) is 14.1. The number of aromatic nitrogens is 1. The zero-order chi connectivity index (χ0) is 17.6. The molecule has 0 saturated carbocycles. The molecule has 0 aliphatic rings. The summed E-state index contributed by atoms with van der Waals surface area (Å²) < 4.78 is 0. The minimum atomic E-state index is 0.162. The average molecular weight is 372 g/mol. The number of carbonyl (C=O) groups excluding carboxylic acids is 1. The first-order chi connectivity index (χ1) is 12.2. The van der Waals surface area contributed by atoms with Gasteiger partial charge in [0.1, 0.15) is 0 Å². The zero-order valence-electron chi connectivity index (χ0n) is 14.1. The van der Waals surface area contributed by atoms with E-state index in [1.807, 2.05) is 47.5 Å². The molecule has 1 aromatic carbocycles. The van der Waals surface area contributed by atoms with Gasteiger partial charge in [-0.1, -0.05) is 36.4 Å². The number of carbonyl (C=O) groups is 1. The molecule has 0 aliphatic carbocycles. The van der Waals surface area contributed by atoms with Gasteiger partial charge in [-0.25, -0.2) is 4.98 Å². The number of rotatable bonds is 7. The van der Waals surface area contributed by atoms with E-state index in [0.717, 1.165) is 21.0 Å². The minimum absolute atomic E-state index is 0.162. The Kier molecular flexibility index (Phi) is 5.83. The Balaban J connectivity index is 1.65. The van der Waals surface area contributed by atoms with Gasteiger partial charge in [0, 0.05) is 24.4 Å².